The highest BCUT2D eigenvalue weighted by Gasteiger charge is 2.14. The molecule has 0 aromatic heterocycles. The summed E-state index contributed by atoms with van der Waals surface area (Å²) in [6.45, 7) is 0. The van der Waals surface area contributed by atoms with Gasteiger partial charge in [0, 0.05) is 6.07 Å². The average Bonchev–Trinajstić information content (AvgIpc) is 2.36. The van der Waals surface area contributed by atoms with E-state index in [2.05, 4.69) is 0 Å². The van der Waals surface area contributed by atoms with Crippen LogP contribution < -0.4 is 0 Å². The van der Waals surface area contributed by atoms with Crippen LogP contribution in [0.3, 0.4) is 0 Å². The van der Waals surface area contributed by atoms with Crippen LogP contribution in [0.25, 0.3) is 0 Å². The number of halogens is 5. The fraction of sp³-hybridized carbons (Fsp3) is 0.143. The molecular weight excluding hydrogens is 296 g/mol. The Balaban J connectivity index is 2.20. The van der Waals surface area contributed by atoms with Crippen molar-refractivity contribution in [1.82, 2.24) is 0 Å². The molecule has 0 fully saturated rings. The Morgan fingerprint density at radius 1 is 0.947 bits per heavy atom. The van der Waals surface area contributed by atoms with Crippen molar-refractivity contribution in [2.24, 2.45) is 0 Å². The quantitative estimate of drug-likeness (QED) is 0.677. The number of rotatable bonds is 3. The lowest BCUT2D eigenvalue weighted by molar-refractivity contribution is 0.570. The van der Waals surface area contributed by atoms with Gasteiger partial charge in [-0.25, -0.2) is 13.2 Å². The second-order valence-electron chi connectivity index (χ2n) is 4.08. The molecular formula is C14H9Cl2F3. The van der Waals surface area contributed by atoms with E-state index in [1.807, 2.05) is 0 Å². The first kappa shape index (κ1) is 14.2. The topological polar surface area (TPSA) is 0 Å². The van der Waals surface area contributed by atoms with Gasteiger partial charge in [-0.3, -0.25) is 0 Å². The first-order valence-corrected chi connectivity index (χ1v) is 6.32. The summed E-state index contributed by atoms with van der Waals surface area (Å²) in [6.07, 6.45) is 0.162. The van der Waals surface area contributed by atoms with Gasteiger partial charge < -0.3 is 0 Å². The van der Waals surface area contributed by atoms with Gasteiger partial charge in [0.2, 0.25) is 0 Å². The summed E-state index contributed by atoms with van der Waals surface area (Å²) in [4.78, 5) is 0. The van der Waals surface area contributed by atoms with Crippen molar-refractivity contribution in [3.63, 3.8) is 0 Å². The summed E-state index contributed by atoms with van der Waals surface area (Å²) in [6, 6.07) is 7.39. The van der Waals surface area contributed by atoms with Gasteiger partial charge in [0.25, 0.3) is 0 Å². The van der Waals surface area contributed by atoms with E-state index < -0.39 is 22.8 Å². The van der Waals surface area contributed by atoms with Crippen LogP contribution >= 0.6 is 23.2 Å². The first-order chi connectivity index (χ1) is 8.97. The Hall–Kier alpha value is -1.19. The van der Waals surface area contributed by atoms with E-state index in [-0.39, 0.29) is 11.4 Å². The summed E-state index contributed by atoms with van der Waals surface area (Å²) in [7, 11) is 0. The van der Waals surface area contributed by atoms with Crippen LogP contribution in [-0.4, -0.2) is 0 Å². The van der Waals surface area contributed by atoms with E-state index in [4.69, 9.17) is 23.2 Å². The molecule has 0 nitrogen and oxygen atoms in total. The van der Waals surface area contributed by atoms with Crippen molar-refractivity contribution in [1.29, 1.82) is 0 Å². The number of hydrogen-bond acceptors (Lipinski definition) is 0. The van der Waals surface area contributed by atoms with E-state index in [1.165, 1.54) is 30.3 Å². The maximum Gasteiger partial charge on any atom is 0.141 e. The molecule has 0 aliphatic rings. The third kappa shape index (κ3) is 3.43. The van der Waals surface area contributed by atoms with Crippen molar-refractivity contribution in [3.8, 4) is 0 Å². The summed E-state index contributed by atoms with van der Waals surface area (Å²) in [5, 5.41) is -0.610. The minimum Gasteiger partial charge on any atom is -0.207 e. The van der Waals surface area contributed by atoms with Crippen LogP contribution in [0.4, 0.5) is 13.2 Å². The van der Waals surface area contributed by atoms with Gasteiger partial charge in [0.1, 0.15) is 17.5 Å². The third-order valence-corrected chi connectivity index (χ3v) is 3.42. The highest BCUT2D eigenvalue weighted by molar-refractivity contribution is 6.31. The van der Waals surface area contributed by atoms with Crippen molar-refractivity contribution in [2.45, 2.75) is 11.8 Å². The Labute approximate surface area is 118 Å². The van der Waals surface area contributed by atoms with Gasteiger partial charge in [-0.2, -0.15) is 0 Å². The SMILES string of the molecule is Fc1ccc(CC(Cl)c2ccc(F)c(Cl)c2)c(F)c1. The molecule has 1 unspecified atom stereocenters. The van der Waals surface area contributed by atoms with Crippen molar-refractivity contribution in [2.75, 3.05) is 0 Å². The van der Waals surface area contributed by atoms with Crippen LogP contribution in [0.2, 0.25) is 5.02 Å². The third-order valence-electron chi connectivity index (χ3n) is 2.72. The number of benzene rings is 2. The zero-order valence-electron chi connectivity index (χ0n) is 9.64. The van der Waals surface area contributed by atoms with Crippen LogP contribution in [0.1, 0.15) is 16.5 Å². The van der Waals surface area contributed by atoms with Gasteiger partial charge in [0.15, 0.2) is 0 Å². The van der Waals surface area contributed by atoms with E-state index in [1.54, 1.807) is 0 Å². The lowest BCUT2D eigenvalue weighted by atomic mass is 10.0. The van der Waals surface area contributed by atoms with Gasteiger partial charge in [-0.15, -0.1) is 11.6 Å². The van der Waals surface area contributed by atoms with E-state index in [0.29, 0.717) is 11.1 Å². The Morgan fingerprint density at radius 2 is 1.68 bits per heavy atom. The molecule has 2 aromatic rings. The highest BCUT2D eigenvalue weighted by Crippen LogP contribution is 2.29. The predicted octanol–water partition coefficient (Wildman–Crippen LogP) is 5.28. The Kier molecular flexibility index (Phi) is 4.38. The second kappa shape index (κ2) is 5.85. The number of alkyl halides is 1. The van der Waals surface area contributed by atoms with Crippen molar-refractivity contribution >= 4 is 23.2 Å². The van der Waals surface area contributed by atoms with E-state index in [0.717, 1.165) is 6.07 Å². The monoisotopic (exact) mass is 304 g/mol. The van der Waals surface area contributed by atoms with Crippen molar-refractivity contribution < 1.29 is 13.2 Å². The van der Waals surface area contributed by atoms with Gasteiger partial charge in [-0.05, 0) is 35.7 Å². The van der Waals surface area contributed by atoms with E-state index >= 15 is 0 Å². The first-order valence-electron chi connectivity index (χ1n) is 5.50. The van der Waals surface area contributed by atoms with Gasteiger partial charge >= 0.3 is 0 Å². The molecule has 0 saturated carbocycles. The number of hydrogen-bond donors (Lipinski definition) is 0. The van der Waals surface area contributed by atoms with Gasteiger partial charge in [-0.1, -0.05) is 23.7 Å². The smallest absolute Gasteiger partial charge is 0.141 e. The molecule has 2 aromatic carbocycles. The molecule has 5 heteroatoms. The summed E-state index contributed by atoms with van der Waals surface area (Å²) in [5.41, 5.74) is 0.874. The van der Waals surface area contributed by atoms with Crippen LogP contribution in [0, 0.1) is 17.5 Å². The Bertz CT molecular complexity index is 599. The molecule has 0 spiro atoms. The molecule has 100 valence electrons. The summed E-state index contributed by atoms with van der Waals surface area (Å²) >= 11 is 11.8. The van der Waals surface area contributed by atoms with Gasteiger partial charge in [0.05, 0.1) is 10.4 Å². The molecule has 1 atom stereocenters. The second-order valence-corrected chi connectivity index (χ2v) is 5.01. The molecule has 0 amide bonds. The lowest BCUT2D eigenvalue weighted by Crippen LogP contribution is -1.99. The minimum absolute atomic E-state index is 0.0391. The summed E-state index contributed by atoms with van der Waals surface area (Å²) < 4.78 is 39.3. The fourth-order valence-corrected chi connectivity index (χ4v) is 2.20. The maximum atomic E-state index is 13.5. The maximum absolute atomic E-state index is 13.5. The normalized spacial score (nSPS) is 12.5. The molecule has 0 saturated heterocycles. The zero-order valence-corrected chi connectivity index (χ0v) is 11.2. The fourth-order valence-electron chi connectivity index (χ4n) is 1.71. The zero-order chi connectivity index (χ0) is 14.0. The van der Waals surface area contributed by atoms with Crippen molar-refractivity contribution in [3.05, 3.63) is 70.0 Å². The largest absolute Gasteiger partial charge is 0.207 e. The molecule has 2 rings (SSSR count). The molecule has 0 N–H and O–H groups in total. The standard InChI is InChI=1S/C14H9Cl2F3/c15-11(8-2-4-13(18)12(16)5-8)6-9-1-3-10(17)7-14(9)19/h1-5,7,11H,6H2. The van der Waals surface area contributed by atoms with Crippen LogP contribution in [0.15, 0.2) is 36.4 Å². The molecule has 0 heterocycles. The van der Waals surface area contributed by atoms with Crippen LogP contribution in [0.5, 0.6) is 0 Å². The lowest BCUT2D eigenvalue weighted by Gasteiger charge is -2.11. The molecule has 0 bridgehead atoms. The van der Waals surface area contributed by atoms with Crippen LogP contribution in [-0.2, 0) is 6.42 Å². The predicted molar refractivity (Wildman–Crippen MR) is 70.1 cm³/mol. The highest BCUT2D eigenvalue weighted by atomic mass is 35.5. The average molecular weight is 305 g/mol. The van der Waals surface area contributed by atoms with E-state index in [9.17, 15) is 13.2 Å². The molecule has 0 radical (unpaired) electrons. The molecule has 0 aliphatic carbocycles. The minimum atomic E-state index is -0.654. The Morgan fingerprint density at radius 3 is 2.32 bits per heavy atom. The molecule has 19 heavy (non-hydrogen) atoms. The molecule has 0 aliphatic heterocycles. The summed E-state index contributed by atoms with van der Waals surface area (Å²) in [5.74, 6) is -1.83.